The van der Waals surface area contributed by atoms with E-state index in [1.165, 1.54) is 48.5 Å². The van der Waals surface area contributed by atoms with Gasteiger partial charge in [0.15, 0.2) is 0 Å². The van der Waals surface area contributed by atoms with E-state index >= 15 is 0 Å². The zero-order valence-corrected chi connectivity index (χ0v) is 28.3. The van der Waals surface area contributed by atoms with Crippen LogP contribution in [0, 0.1) is 14.3 Å². The summed E-state index contributed by atoms with van der Waals surface area (Å²) in [6.07, 6.45) is 0. The maximum Gasteiger partial charge on any atom is 0.347 e. The van der Waals surface area contributed by atoms with E-state index in [-0.39, 0.29) is 45.3 Å². The monoisotopic (exact) mass is 984 g/mol. The van der Waals surface area contributed by atoms with Gasteiger partial charge in [0.05, 0.1) is 0 Å². The van der Waals surface area contributed by atoms with Crippen molar-refractivity contribution in [2.75, 3.05) is 0 Å². The van der Waals surface area contributed by atoms with E-state index in [1.54, 1.807) is 24.3 Å². The highest BCUT2D eigenvalue weighted by molar-refractivity contribution is 14.1. The minimum absolute atomic E-state index is 0.0528. The third kappa shape index (κ3) is 6.43. The van der Waals surface area contributed by atoms with E-state index in [0.29, 0.717) is 14.3 Å². The molecule has 40 heavy (non-hydrogen) atoms. The molecular weight excluding hydrogens is 972 g/mol. The number of rotatable bonds is 0. The van der Waals surface area contributed by atoms with E-state index in [0.717, 1.165) is 0 Å². The van der Waals surface area contributed by atoms with Crippen LogP contribution in [-0.2, 0) is 0 Å². The number of hydrogen-bond donors (Lipinski definition) is 0. The average Bonchev–Trinajstić information content (AvgIpc) is 2.88. The Kier molecular flexibility index (Phi) is 8.95. The molecule has 0 unspecified atom stereocenters. The van der Waals surface area contributed by atoms with E-state index in [4.69, 9.17) is 18.9 Å². The number of hydrogen-bond acceptors (Lipinski definition) is 8. The number of esters is 4. The van der Waals surface area contributed by atoms with Gasteiger partial charge in [0, 0.05) is 14.3 Å². The largest absolute Gasteiger partial charge is 0.422 e. The van der Waals surface area contributed by atoms with Gasteiger partial charge in [0.1, 0.15) is 45.3 Å². The summed E-state index contributed by atoms with van der Waals surface area (Å²) in [6.45, 7) is 0. The molecule has 1 aliphatic heterocycles. The summed E-state index contributed by atoms with van der Waals surface area (Å²) in [7, 11) is 0. The summed E-state index contributed by atoms with van der Waals surface area (Å²) in [5, 5.41) is 0. The summed E-state index contributed by atoms with van der Waals surface area (Å²) in [6, 6.07) is 18.4. The van der Waals surface area contributed by atoms with Crippen molar-refractivity contribution in [3.63, 3.8) is 0 Å². The molecule has 0 saturated heterocycles. The summed E-state index contributed by atoms with van der Waals surface area (Å²) < 4.78 is 25.3. The predicted octanol–water partition coefficient (Wildman–Crippen LogP) is 7.30. The van der Waals surface area contributed by atoms with E-state index in [9.17, 15) is 19.2 Å². The molecule has 12 heteroatoms. The molecule has 0 spiro atoms. The zero-order chi connectivity index (χ0) is 28.6. The first kappa shape index (κ1) is 29.2. The van der Waals surface area contributed by atoms with Crippen molar-refractivity contribution in [3.8, 4) is 23.0 Å². The lowest BCUT2D eigenvalue weighted by Crippen LogP contribution is -2.20. The van der Waals surface area contributed by atoms with E-state index in [1.807, 2.05) is 90.4 Å². The average molecular weight is 984 g/mol. The van der Waals surface area contributed by atoms with Gasteiger partial charge >= 0.3 is 23.9 Å². The van der Waals surface area contributed by atoms with E-state index < -0.39 is 23.9 Å². The molecule has 0 fully saturated rings. The van der Waals surface area contributed by atoms with Crippen molar-refractivity contribution < 1.29 is 38.1 Å². The second-order valence-corrected chi connectivity index (χ2v) is 13.1. The van der Waals surface area contributed by atoms with Gasteiger partial charge in [-0.1, -0.05) is 0 Å². The molecule has 0 saturated carbocycles. The Morgan fingerprint density at radius 1 is 0.350 bits per heavy atom. The standard InChI is InChI=1S/C28H12I4O8/c29-13-1-5-17-21(9-13)37-26(34)19-7-3-15(31)11-23(19)39-28(36)20-8-4-16(32)12-24(20)40-27(35)18-6-2-14(30)10-22(18)38-25(17)33/h1-12H. The molecule has 5 rings (SSSR count). The van der Waals surface area contributed by atoms with Crippen LogP contribution in [0.1, 0.15) is 41.4 Å². The van der Waals surface area contributed by atoms with Gasteiger partial charge in [0.2, 0.25) is 0 Å². The van der Waals surface area contributed by atoms with Gasteiger partial charge in [-0.25, -0.2) is 19.2 Å². The third-order valence-corrected chi connectivity index (χ3v) is 8.15. The molecule has 0 atom stereocenters. The topological polar surface area (TPSA) is 105 Å². The zero-order valence-electron chi connectivity index (χ0n) is 19.7. The van der Waals surface area contributed by atoms with Crippen molar-refractivity contribution in [1.82, 2.24) is 0 Å². The SMILES string of the molecule is O=C1Oc2cc(I)ccc2C(=O)Oc2cc(I)ccc2C(=O)Oc2cc(I)ccc2C(=O)Oc2cc(I)ccc21. The Bertz CT molecular complexity index is 1480. The lowest BCUT2D eigenvalue weighted by Gasteiger charge is -2.16. The normalized spacial score (nSPS) is 13.5. The summed E-state index contributed by atoms with van der Waals surface area (Å²) >= 11 is 8.06. The van der Waals surface area contributed by atoms with Crippen molar-refractivity contribution >= 4 is 114 Å². The number of carbonyl (C=O) groups is 4. The number of fused-ring (bicyclic) bond motifs is 4. The minimum Gasteiger partial charge on any atom is -0.422 e. The van der Waals surface area contributed by atoms with Crippen LogP contribution in [0.4, 0.5) is 0 Å². The number of halogens is 4. The molecule has 8 nitrogen and oxygen atoms in total. The molecule has 0 bridgehead atoms. The van der Waals surface area contributed by atoms with Crippen LogP contribution in [0.3, 0.4) is 0 Å². The van der Waals surface area contributed by atoms with Gasteiger partial charge in [-0.2, -0.15) is 0 Å². The quantitative estimate of drug-likeness (QED) is 0.103. The van der Waals surface area contributed by atoms with Crippen LogP contribution in [-0.4, -0.2) is 23.9 Å². The number of ether oxygens (including phenoxy) is 4. The summed E-state index contributed by atoms with van der Waals surface area (Å²) in [4.78, 5) is 53.3. The van der Waals surface area contributed by atoms with Crippen molar-refractivity contribution in [3.05, 3.63) is 109 Å². The summed E-state index contributed by atoms with van der Waals surface area (Å²) in [5.41, 5.74) is -0.211. The van der Waals surface area contributed by atoms with Gasteiger partial charge in [0.25, 0.3) is 0 Å². The van der Waals surface area contributed by atoms with Crippen LogP contribution in [0.25, 0.3) is 0 Å². The molecule has 1 aliphatic rings. The molecular formula is C28H12I4O8. The fraction of sp³-hybridized carbons (Fsp3) is 0. The van der Waals surface area contributed by atoms with Crippen LogP contribution in [0.2, 0.25) is 0 Å². The highest BCUT2D eigenvalue weighted by atomic mass is 127. The molecule has 1 heterocycles. The predicted molar refractivity (Wildman–Crippen MR) is 176 cm³/mol. The number of benzene rings is 4. The molecule has 0 N–H and O–H groups in total. The first-order valence-corrected chi connectivity index (χ1v) is 15.5. The fourth-order valence-electron chi connectivity index (χ4n) is 3.62. The molecule has 4 aromatic carbocycles. The van der Waals surface area contributed by atoms with Gasteiger partial charge in [-0.3, -0.25) is 0 Å². The maximum absolute atomic E-state index is 13.3. The minimum atomic E-state index is -0.855. The van der Waals surface area contributed by atoms with Crippen LogP contribution >= 0.6 is 90.4 Å². The molecule has 4 aromatic rings. The second-order valence-electron chi connectivity index (χ2n) is 8.12. The second kappa shape index (κ2) is 12.3. The van der Waals surface area contributed by atoms with Gasteiger partial charge in [-0.05, 0) is 163 Å². The first-order chi connectivity index (χ1) is 19.1. The highest BCUT2D eigenvalue weighted by Gasteiger charge is 2.27. The van der Waals surface area contributed by atoms with Gasteiger partial charge < -0.3 is 18.9 Å². The summed E-state index contributed by atoms with van der Waals surface area (Å²) in [5.74, 6) is -3.70. The van der Waals surface area contributed by atoms with Crippen LogP contribution < -0.4 is 18.9 Å². The first-order valence-electron chi connectivity index (χ1n) is 11.2. The molecule has 0 amide bonds. The smallest absolute Gasteiger partial charge is 0.347 e. The molecule has 0 aromatic heterocycles. The highest BCUT2D eigenvalue weighted by Crippen LogP contribution is 2.32. The van der Waals surface area contributed by atoms with Crippen molar-refractivity contribution in [2.45, 2.75) is 0 Å². The fourth-order valence-corrected chi connectivity index (χ4v) is 5.47. The maximum atomic E-state index is 13.3. The Balaban J connectivity index is 1.70. The molecule has 200 valence electrons. The van der Waals surface area contributed by atoms with E-state index in [2.05, 4.69) is 0 Å². The lowest BCUT2D eigenvalue weighted by atomic mass is 10.1. The lowest BCUT2D eigenvalue weighted by molar-refractivity contribution is 0.0687. The number of carbonyl (C=O) groups excluding carboxylic acids is 4. The molecule has 0 aliphatic carbocycles. The van der Waals surface area contributed by atoms with Crippen LogP contribution in [0.5, 0.6) is 23.0 Å². The van der Waals surface area contributed by atoms with Crippen molar-refractivity contribution in [1.29, 1.82) is 0 Å². The van der Waals surface area contributed by atoms with Gasteiger partial charge in [-0.15, -0.1) is 0 Å². The Morgan fingerprint density at radius 3 is 0.750 bits per heavy atom. The van der Waals surface area contributed by atoms with Crippen molar-refractivity contribution in [2.24, 2.45) is 0 Å². The Morgan fingerprint density at radius 2 is 0.550 bits per heavy atom. The Hall–Kier alpha value is -2.32. The molecule has 0 radical (unpaired) electrons. The van der Waals surface area contributed by atoms with Crippen LogP contribution in [0.15, 0.2) is 72.8 Å². The Labute approximate surface area is 281 Å². The third-order valence-electron chi connectivity index (χ3n) is 5.46.